The van der Waals surface area contributed by atoms with E-state index in [0.717, 1.165) is 6.39 Å². The van der Waals surface area contributed by atoms with Crippen molar-refractivity contribution in [2.24, 2.45) is 5.73 Å². The van der Waals surface area contributed by atoms with Gasteiger partial charge in [0, 0.05) is 0 Å². The fraction of sp³-hybridized carbons (Fsp3) is 0.333. The third kappa shape index (κ3) is 3.30. The van der Waals surface area contributed by atoms with Crippen LogP contribution in [0.15, 0.2) is 10.8 Å². The number of carbonyl (C=O) groups excluding carboxylic acids is 2. The van der Waals surface area contributed by atoms with Gasteiger partial charge >= 0.3 is 5.97 Å². The highest BCUT2D eigenvalue weighted by Gasteiger charge is 2.24. The number of nitrogens with two attached hydrogens (primary N) is 1. The van der Waals surface area contributed by atoms with Crippen molar-refractivity contribution in [3.63, 3.8) is 0 Å². The number of carboxylic acids is 1. The molecule has 8 heteroatoms. The van der Waals surface area contributed by atoms with E-state index >= 15 is 0 Å². The molecule has 0 spiro atoms. The molecule has 0 unspecified atom stereocenters. The molecule has 2 amide bonds. The van der Waals surface area contributed by atoms with Crippen LogP contribution in [0.4, 0.5) is 0 Å². The summed E-state index contributed by atoms with van der Waals surface area (Å²) in [6.45, 7) is 1.53. The van der Waals surface area contributed by atoms with Gasteiger partial charge in [0.15, 0.2) is 6.39 Å². The van der Waals surface area contributed by atoms with Gasteiger partial charge in [0.25, 0.3) is 5.91 Å². The SMILES string of the molecule is Cc1ncoc1C(=O)N[C@H](CC(N)=O)C(=O)O. The maximum absolute atomic E-state index is 11.6. The average Bonchev–Trinajstić information content (AvgIpc) is 2.62. The van der Waals surface area contributed by atoms with Crippen LogP contribution in [0.25, 0.3) is 0 Å². The summed E-state index contributed by atoms with van der Waals surface area (Å²) in [4.78, 5) is 36.6. The molecule has 0 aliphatic heterocycles. The number of nitrogens with one attached hydrogen (secondary N) is 1. The molecular formula is C9H11N3O5. The van der Waals surface area contributed by atoms with Crippen LogP contribution in [0.5, 0.6) is 0 Å². The number of rotatable bonds is 5. The van der Waals surface area contributed by atoms with Crippen LogP contribution in [0, 0.1) is 6.92 Å². The van der Waals surface area contributed by atoms with E-state index in [9.17, 15) is 14.4 Å². The highest BCUT2D eigenvalue weighted by Crippen LogP contribution is 2.05. The second kappa shape index (κ2) is 5.10. The minimum atomic E-state index is -1.38. The van der Waals surface area contributed by atoms with Crippen molar-refractivity contribution in [3.05, 3.63) is 17.8 Å². The predicted octanol–water partition coefficient (Wildman–Crippen LogP) is -0.959. The molecular weight excluding hydrogens is 230 g/mol. The van der Waals surface area contributed by atoms with Crippen molar-refractivity contribution in [3.8, 4) is 0 Å². The van der Waals surface area contributed by atoms with Crippen LogP contribution in [0.1, 0.15) is 22.7 Å². The van der Waals surface area contributed by atoms with Crippen molar-refractivity contribution >= 4 is 17.8 Å². The van der Waals surface area contributed by atoms with Gasteiger partial charge in [-0.05, 0) is 6.92 Å². The maximum Gasteiger partial charge on any atom is 0.326 e. The molecule has 0 saturated heterocycles. The molecule has 0 aliphatic rings. The van der Waals surface area contributed by atoms with Crippen LogP contribution in [-0.2, 0) is 9.59 Å². The van der Waals surface area contributed by atoms with E-state index in [1.807, 2.05) is 0 Å². The Bertz CT molecular complexity index is 453. The van der Waals surface area contributed by atoms with E-state index in [4.69, 9.17) is 15.3 Å². The van der Waals surface area contributed by atoms with E-state index < -0.39 is 30.2 Å². The lowest BCUT2D eigenvalue weighted by Gasteiger charge is -2.11. The lowest BCUT2D eigenvalue weighted by atomic mass is 10.2. The van der Waals surface area contributed by atoms with Crippen molar-refractivity contribution in [1.29, 1.82) is 0 Å². The number of primary amides is 1. The molecule has 0 saturated carbocycles. The quantitative estimate of drug-likeness (QED) is 0.607. The molecule has 1 atom stereocenters. The van der Waals surface area contributed by atoms with Gasteiger partial charge in [0.2, 0.25) is 11.7 Å². The smallest absolute Gasteiger partial charge is 0.326 e. The number of aromatic nitrogens is 1. The van der Waals surface area contributed by atoms with Crippen LogP contribution in [-0.4, -0.2) is 33.9 Å². The molecule has 0 fully saturated rings. The first-order chi connectivity index (χ1) is 7.91. The van der Waals surface area contributed by atoms with Crippen molar-refractivity contribution < 1.29 is 23.9 Å². The Morgan fingerprint density at radius 1 is 1.59 bits per heavy atom. The Balaban J connectivity index is 2.74. The minimum absolute atomic E-state index is 0.0966. The van der Waals surface area contributed by atoms with E-state index in [1.54, 1.807) is 0 Å². The van der Waals surface area contributed by atoms with Gasteiger partial charge < -0.3 is 20.6 Å². The number of hydrogen-bond donors (Lipinski definition) is 3. The summed E-state index contributed by atoms with van der Waals surface area (Å²) in [5.41, 5.74) is 5.19. The Kier molecular flexibility index (Phi) is 3.81. The monoisotopic (exact) mass is 241 g/mol. The molecule has 1 aromatic rings. The Morgan fingerprint density at radius 2 is 2.24 bits per heavy atom. The summed E-state index contributed by atoms with van der Waals surface area (Å²) in [5, 5.41) is 10.9. The lowest BCUT2D eigenvalue weighted by Crippen LogP contribution is -2.43. The first-order valence-electron chi connectivity index (χ1n) is 4.64. The fourth-order valence-corrected chi connectivity index (χ4v) is 1.14. The van der Waals surface area contributed by atoms with E-state index in [1.165, 1.54) is 6.92 Å². The molecule has 0 aromatic carbocycles. The maximum atomic E-state index is 11.6. The number of nitrogens with zero attached hydrogens (tertiary/aromatic N) is 1. The first kappa shape index (κ1) is 12.7. The topological polar surface area (TPSA) is 136 Å². The van der Waals surface area contributed by atoms with Gasteiger partial charge in [-0.25, -0.2) is 9.78 Å². The van der Waals surface area contributed by atoms with Crippen LogP contribution >= 0.6 is 0 Å². The predicted molar refractivity (Wildman–Crippen MR) is 53.9 cm³/mol. The summed E-state index contributed by atoms with van der Waals surface area (Å²) < 4.78 is 4.78. The second-order valence-corrected chi connectivity index (χ2v) is 3.30. The third-order valence-corrected chi connectivity index (χ3v) is 1.96. The standard InChI is InChI=1S/C9H11N3O5/c1-4-7(17-3-11-4)8(14)12-5(9(15)16)2-6(10)13/h3,5H,2H2,1H3,(H2,10,13)(H,12,14)(H,15,16)/t5-/m1/s1. The number of aryl methyl sites for hydroxylation is 1. The zero-order valence-electron chi connectivity index (χ0n) is 8.97. The molecule has 8 nitrogen and oxygen atoms in total. The number of carboxylic acid groups (broad SMARTS) is 1. The van der Waals surface area contributed by atoms with E-state index in [2.05, 4.69) is 10.3 Å². The number of hydrogen-bond acceptors (Lipinski definition) is 5. The Morgan fingerprint density at radius 3 is 2.65 bits per heavy atom. The fourth-order valence-electron chi connectivity index (χ4n) is 1.14. The second-order valence-electron chi connectivity index (χ2n) is 3.30. The van der Waals surface area contributed by atoms with Gasteiger partial charge in [0.1, 0.15) is 6.04 Å². The van der Waals surface area contributed by atoms with Gasteiger partial charge in [-0.2, -0.15) is 0 Å². The number of amides is 2. The summed E-state index contributed by atoms with van der Waals surface area (Å²) in [5.74, 6) is -3.03. The van der Waals surface area contributed by atoms with Crippen LogP contribution in [0.2, 0.25) is 0 Å². The van der Waals surface area contributed by atoms with Crippen LogP contribution in [0.3, 0.4) is 0 Å². The van der Waals surface area contributed by atoms with Crippen molar-refractivity contribution in [2.45, 2.75) is 19.4 Å². The summed E-state index contributed by atoms with van der Waals surface area (Å²) in [7, 11) is 0. The lowest BCUT2D eigenvalue weighted by molar-refractivity contribution is -0.140. The molecule has 0 aliphatic carbocycles. The summed E-state index contributed by atoms with van der Waals surface area (Å²) in [6.07, 6.45) is 0.572. The minimum Gasteiger partial charge on any atom is -0.480 e. The Labute approximate surface area is 95.8 Å². The van der Waals surface area contributed by atoms with E-state index in [-0.39, 0.29) is 5.76 Å². The zero-order chi connectivity index (χ0) is 13.0. The molecule has 0 radical (unpaired) electrons. The van der Waals surface area contributed by atoms with Gasteiger partial charge in [-0.1, -0.05) is 0 Å². The van der Waals surface area contributed by atoms with Crippen molar-refractivity contribution in [2.75, 3.05) is 0 Å². The normalized spacial score (nSPS) is 11.8. The molecule has 1 heterocycles. The largest absolute Gasteiger partial charge is 0.480 e. The Hall–Kier alpha value is -2.38. The highest BCUT2D eigenvalue weighted by atomic mass is 16.4. The number of aliphatic carboxylic acids is 1. The number of carbonyl (C=O) groups is 3. The zero-order valence-corrected chi connectivity index (χ0v) is 8.97. The third-order valence-electron chi connectivity index (χ3n) is 1.96. The molecule has 0 bridgehead atoms. The van der Waals surface area contributed by atoms with Gasteiger partial charge in [-0.15, -0.1) is 0 Å². The highest BCUT2D eigenvalue weighted by molar-refractivity contribution is 5.96. The van der Waals surface area contributed by atoms with Crippen molar-refractivity contribution in [1.82, 2.24) is 10.3 Å². The molecule has 1 rings (SSSR count). The van der Waals surface area contributed by atoms with E-state index in [0.29, 0.717) is 5.69 Å². The first-order valence-corrected chi connectivity index (χ1v) is 4.64. The molecule has 1 aromatic heterocycles. The number of oxazole rings is 1. The van der Waals surface area contributed by atoms with Gasteiger partial charge in [-0.3, -0.25) is 9.59 Å². The summed E-state index contributed by atoms with van der Waals surface area (Å²) >= 11 is 0. The van der Waals surface area contributed by atoms with Crippen LogP contribution < -0.4 is 11.1 Å². The summed E-state index contributed by atoms with van der Waals surface area (Å²) in [6, 6.07) is -1.38. The average molecular weight is 241 g/mol. The molecule has 92 valence electrons. The molecule has 4 N–H and O–H groups in total. The van der Waals surface area contributed by atoms with Gasteiger partial charge in [0.05, 0.1) is 12.1 Å². The molecule has 17 heavy (non-hydrogen) atoms.